The van der Waals surface area contributed by atoms with Crippen molar-refractivity contribution in [1.82, 2.24) is 29.5 Å². The lowest BCUT2D eigenvalue weighted by atomic mass is 10.1. The smallest absolute Gasteiger partial charge is 0.216 e. The Labute approximate surface area is 189 Å². The third-order valence-corrected chi connectivity index (χ3v) is 6.65. The number of hydrogen-bond donors (Lipinski definition) is 2. The summed E-state index contributed by atoms with van der Waals surface area (Å²) in [4.78, 5) is 24.8. The van der Waals surface area contributed by atoms with E-state index in [1.54, 1.807) is 59.8 Å². The highest BCUT2D eigenvalue weighted by atomic mass is 32.2. The van der Waals surface area contributed by atoms with E-state index in [0.717, 1.165) is 11.1 Å². The van der Waals surface area contributed by atoms with Crippen LogP contribution in [0.2, 0.25) is 0 Å². The van der Waals surface area contributed by atoms with Crippen LogP contribution in [0.25, 0.3) is 32.8 Å². The molecule has 0 atom stereocenters. The zero-order valence-corrected chi connectivity index (χ0v) is 18.5. The Balaban J connectivity index is 1.54. The maximum absolute atomic E-state index is 13.4. The second kappa shape index (κ2) is 8.23. The lowest BCUT2D eigenvalue weighted by molar-refractivity contribution is 0.579. The highest BCUT2D eigenvalue weighted by molar-refractivity contribution is 7.88. The molecule has 33 heavy (non-hydrogen) atoms. The zero-order valence-electron chi connectivity index (χ0n) is 17.7. The van der Waals surface area contributed by atoms with Crippen LogP contribution >= 0.6 is 0 Å². The fourth-order valence-corrected chi connectivity index (χ4v) is 4.79. The summed E-state index contributed by atoms with van der Waals surface area (Å²) in [6.07, 6.45) is 8.47. The van der Waals surface area contributed by atoms with Gasteiger partial charge in [0.05, 0.1) is 24.0 Å². The fraction of sp³-hybridized carbons (Fsp3) is 0.130. The Morgan fingerprint density at radius 3 is 2.64 bits per heavy atom. The van der Waals surface area contributed by atoms with Crippen LogP contribution in [0, 0.1) is 0 Å². The Morgan fingerprint density at radius 1 is 1.03 bits per heavy atom. The van der Waals surface area contributed by atoms with E-state index in [-0.39, 0.29) is 17.7 Å². The van der Waals surface area contributed by atoms with E-state index in [2.05, 4.69) is 24.8 Å². The lowest BCUT2D eigenvalue weighted by Gasteiger charge is -2.06. The number of nitrogens with one attached hydrogen (secondary N) is 2. The number of aromatic nitrogens is 5. The molecule has 5 aromatic rings. The highest BCUT2D eigenvalue weighted by Gasteiger charge is 2.14. The third-order valence-electron chi connectivity index (χ3n) is 5.36. The Hall–Kier alpha value is -3.89. The van der Waals surface area contributed by atoms with Crippen molar-refractivity contribution in [1.29, 1.82) is 0 Å². The molecule has 0 saturated carbocycles. The average molecular weight is 461 g/mol. The molecule has 0 aliphatic heterocycles. The second-order valence-corrected chi connectivity index (χ2v) is 9.57. The lowest BCUT2D eigenvalue weighted by Crippen LogP contribution is -2.25. The van der Waals surface area contributed by atoms with Gasteiger partial charge in [0.2, 0.25) is 10.0 Å². The van der Waals surface area contributed by atoms with Crippen molar-refractivity contribution in [2.24, 2.45) is 7.05 Å². The Bertz CT molecular complexity index is 1640. The molecule has 3 heterocycles. The first-order chi connectivity index (χ1) is 15.9. The van der Waals surface area contributed by atoms with Gasteiger partial charge in [-0.2, -0.15) is 5.10 Å². The molecule has 0 amide bonds. The predicted octanol–water partition coefficient (Wildman–Crippen LogP) is 2.49. The van der Waals surface area contributed by atoms with Crippen molar-refractivity contribution in [2.45, 2.75) is 12.3 Å². The minimum Gasteiger partial charge on any atom is -0.347 e. The van der Waals surface area contributed by atoms with Crippen molar-refractivity contribution < 1.29 is 8.42 Å². The molecular weight excluding hydrogens is 440 g/mol. The van der Waals surface area contributed by atoms with E-state index in [0.29, 0.717) is 33.1 Å². The van der Waals surface area contributed by atoms with Gasteiger partial charge in [-0.15, -0.1) is 0 Å². The van der Waals surface area contributed by atoms with Gasteiger partial charge in [0.1, 0.15) is 5.82 Å². The summed E-state index contributed by atoms with van der Waals surface area (Å²) in [5.74, 6) is 0.271. The fourth-order valence-electron chi connectivity index (χ4n) is 3.71. The van der Waals surface area contributed by atoms with Crippen molar-refractivity contribution in [2.75, 3.05) is 0 Å². The van der Waals surface area contributed by atoms with Gasteiger partial charge in [-0.3, -0.25) is 14.5 Å². The van der Waals surface area contributed by atoms with Crippen LogP contribution < -0.4 is 10.2 Å². The summed E-state index contributed by atoms with van der Waals surface area (Å²) in [5, 5.41) is 5.79. The number of sulfonamides is 1. The Kier molecular flexibility index (Phi) is 5.23. The van der Waals surface area contributed by atoms with Gasteiger partial charge in [0.25, 0.3) is 0 Å². The number of benzene rings is 1. The predicted molar refractivity (Wildman–Crippen MR) is 126 cm³/mol. The first kappa shape index (κ1) is 21.0. The van der Waals surface area contributed by atoms with Gasteiger partial charge in [-0.1, -0.05) is 18.2 Å². The second-order valence-electron chi connectivity index (χ2n) is 7.76. The topological polar surface area (TPSA) is 123 Å². The summed E-state index contributed by atoms with van der Waals surface area (Å²) in [5.41, 5.74) is 2.52. The molecule has 0 aliphatic carbocycles. The van der Waals surface area contributed by atoms with Crippen molar-refractivity contribution >= 4 is 31.7 Å². The molecule has 166 valence electrons. The van der Waals surface area contributed by atoms with E-state index in [4.69, 9.17) is 0 Å². The van der Waals surface area contributed by atoms with E-state index in [9.17, 15) is 13.2 Å². The molecule has 0 fully saturated rings. The molecule has 2 N–H and O–H groups in total. The summed E-state index contributed by atoms with van der Waals surface area (Å²) in [6.45, 7) is 0.0676. The minimum absolute atomic E-state index is 0.0676. The Morgan fingerprint density at radius 2 is 1.88 bits per heavy atom. The van der Waals surface area contributed by atoms with E-state index < -0.39 is 10.0 Å². The molecule has 9 nitrogen and oxygen atoms in total. The molecule has 0 spiro atoms. The van der Waals surface area contributed by atoms with Crippen LogP contribution in [0.5, 0.6) is 0 Å². The van der Waals surface area contributed by atoms with Crippen LogP contribution in [-0.2, 0) is 29.4 Å². The third kappa shape index (κ3) is 4.38. The number of aryl methyl sites for hydroxylation is 1. The van der Waals surface area contributed by atoms with Crippen LogP contribution in [-0.4, -0.2) is 33.2 Å². The van der Waals surface area contributed by atoms with E-state index in [1.165, 1.54) is 0 Å². The molecule has 0 bridgehead atoms. The van der Waals surface area contributed by atoms with Gasteiger partial charge in [0, 0.05) is 53.7 Å². The maximum atomic E-state index is 13.4. The monoisotopic (exact) mass is 460 g/mol. The molecule has 0 saturated heterocycles. The molecule has 5 rings (SSSR count). The number of pyridine rings is 1. The van der Waals surface area contributed by atoms with Crippen molar-refractivity contribution in [3.8, 4) is 11.1 Å². The van der Waals surface area contributed by atoms with Gasteiger partial charge in [-0.05, 0) is 29.1 Å². The maximum Gasteiger partial charge on any atom is 0.216 e. The molecule has 2 aromatic carbocycles. The number of imidazole rings is 1. The minimum atomic E-state index is -3.63. The van der Waals surface area contributed by atoms with Crippen LogP contribution in [0.4, 0.5) is 0 Å². The number of fused-ring (bicyclic) bond motifs is 2. The number of hydrogen-bond acceptors (Lipinski definition) is 6. The quantitative estimate of drug-likeness (QED) is 0.401. The summed E-state index contributed by atoms with van der Waals surface area (Å²) in [6, 6.07) is 10.5. The normalized spacial score (nSPS) is 11.9. The van der Waals surface area contributed by atoms with Gasteiger partial charge >= 0.3 is 0 Å². The summed E-state index contributed by atoms with van der Waals surface area (Å²) in [7, 11) is -1.80. The molecule has 0 aliphatic rings. The van der Waals surface area contributed by atoms with E-state index >= 15 is 0 Å². The SMILES string of the molecule is Cn1cc(-c2cnc3ccc4ccc(CS(=O)(=O)NCc5ncc[nH]5)cc4c(=O)c3c2)cn1. The van der Waals surface area contributed by atoms with Crippen molar-refractivity contribution in [3.63, 3.8) is 0 Å². The van der Waals surface area contributed by atoms with Gasteiger partial charge in [-0.25, -0.2) is 18.1 Å². The number of H-pyrrole nitrogens is 1. The average Bonchev–Trinajstić information content (AvgIpc) is 3.45. The number of nitrogens with zero attached hydrogens (tertiary/aromatic N) is 4. The standard InChI is InChI=1S/C23H20N6O3S/c1-29-13-18(11-27-29)17-9-20-21(26-10-17)5-4-16-3-2-15(8-19(16)23(20)30)14-33(31,32)28-12-22-24-6-7-25-22/h2-11,13,28H,12,14H2,1H3,(H,24,25). The first-order valence-electron chi connectivity index (χ1n) is 10.2. The molecule has 0 unspecified atom stereocenters. The molecule has 0 radical (unpaired) electrons. The van der Waals surface area contributed by atoms with Crippen molar-refractivity contribution in [3.05, 3.63) is 89.0 Å². The molecule has 3 aromatic heterocycles. The number of rotatable bonds is 6. The zero-order chi connectivity index (χ0) is 23.0. The van der Waals surface area contributed by atoms with Crippen LogP contribution in [0.15, 0.2) is 72.2 Å². The molecule has 10 heteroatoms. The van der Waals surface area contributed by atoms with Gasteiger partial charge in [0.15, 0.2) is 5.43 Å². The summed E-state index contributed by atoms with van der Waals surface area (Å²) < 4.78 is 29.3. The highest BCUT2D eigenvalue weighted by Crippen LogP contribution is 2.22. The van der Waals surface area contributed by atoms with Gasteiger partial charge < -0.3 is 4.98 Å². The largest absolute Gasteiger partial charge is 0.347 e. The summed E-state index contributed by atoms with van der Waals surface area (Å²) >= 11 is 0. The van der Waals surface area contributed by atoms with Crippen LogP contribution in [0.1, 0.15) is 11.4 Å². The van der Waals surface area contributed by atoms with Crippen LogP contribution in [0.3, 0.4) is 0 Å². The molecular formula is C23H20N6O3S. The van der Waals surface area contributed by atoms with E-state index in [1.807, 2.05) is 19.3 Å². The first-order valence-corrected chi connectivity index (χ1v) is 11.8. The number of aromatic amines is 1.